The molecule has 1 atom stereocenters. The van der Waals surface area contributed by atoms with Gasteiger partial charge in [0.05, 0.1) is 5.57 Å². The van der Waals surface area contributed by atoms with Crippen LogP contribution in [-0.4, -0.2) is 46.8 Å². The zero-order valence-corrected chi connectivity index (χ0v) is 21.3. The highest BCUT2D eigenvalue weighted by atomic mass is 16.3. The van der Waals surface area contributed by atoms with E-state index in [1.165, 1.54) is 26.6 Å². The van der Waals surface area contributed by atoms with Gasteiger partial charge in [-0.05, 0) is 61.4 Å². The standard InChI is InChI=1S/C33H26N2O2.H2O/c1-34-32(36)31(33(37)35(34)2)30-26(21-12-6-3-4-7-13-21)28-23-18-10-16-20-17-11-19-24(25(20)23)29(28)27(30)22-14-8-5-9-15-22;/h3,5-19,32,36H,4H2,1-2H3;1H2/b31-30+;. The van der Waals surface area contributed by atoms with Crippen LogP contribution in [0.2, 0.25) is 0 Å². The first-order valence-corrected chi connectivity index (χ1v) is 12.6. The van der Waals surface area contributed by atoms with Gasteiger partial charge in [-0.3, -0.25) is 9.80 Å². The van der Waals surface area contributed by atoms with E-state index in [0.29, 0.717) is 5.57 Å². The van der Waals surface area contributed by atoms with Crippen LogP contribution in [0.4, 0.5) is 0 Å². The van der Waals surface area contributed by atoms with E-state index in [4.69, 9.17) is 0 Å². The summed E-state index contributed by atoms with van der Waals surface area (Å²) in [7, 11) is 3.46. The number of carbonyl (C=O) groups excluding carboxylic acids is 1. The Labute approximate surface area is 220 Å². The fourth-order valence-electron chi connectivity index (χ4n) is 6.13. The fourth-order valence-corrected chi connectivity index (χ4v) is 6.13. The minimum absolute atomic E-state index is 0. The number of aliphatic hydroxyl groups excluding tert-OH is 1. The van der Waals surface area contributed by atoms with Crippen molar-refractivity contribution < 1.29 is 15.4 Å². The van der Waals surface area contributed by atoms with E-state index in [2.05, 4.69) is 78.9 Å². The largest absolute Gasteiger partial charge is 0.412 e. The summed E-state index contributed by atoms with van der Waals surface area (Å²) in [6, 6.07) is 23.2. The van der Waals surface area contributed by atoms with Crippen LogP contribution in [0, 0.1) is 0 Å². The highest BCUT2D eigenvalue weighted by Crippen LogP contribution is 2.51. The predicted molar refractivity (Wildman–Crippen MR) is 154 cm³/mol. The molecular weight excluding hydrogens is 472 g/mol. The Morgan fingerprint density at radius 1 is 0.816 bits per heavy atom. The molecule has 3 aliphatic carbocycles. The van der Waals surface area contributed by atoms with Gasteiger partial charge in [0.2, 0.25) is 0 Å². The molecule has 0 bridgehead atoms. The van der Waals surface area contributed by atoms with Crippen LogP contribution < -0.4 is 5.22 Å². The van der Waals surface area contributed by atoms with Crippen LogP contribution in [0.25, 0.3) is 54.9 Å². The summed E-state index contributed by atoms with van der Waals surface area (Å²) < 4.78 is 0. The van der Waals surface area contributed by atoms with E-state index in [0.717, 1.165) is 45.0 Å². The summed E-state index contributed by atoms with van der Waals surface area (Å²) in [5, 5.41) is 20.1. The summed E-state index contributed by atoms with van der Waals surface area (Å²) in [4.78, 5) is 13.7. The molecular formula is C33H28N2O3. The number of carbonyl (C=O) groups is 1. The molecule has 1 unspecified atom stereocenters. The van der Waals surface area contributed by atoms with Crippen molar-refractivity contribution in [2.24, 2.45) is 0 Å². The fraction of sp³-hybridized carbons (Fsp3) is 0.121. The van der Waals surface area contributed by atoms with Gasteiger partial charge in [-0.15, -0.1) is 0 Å². The average Bonchev–Trinajstić information content (AvgIpc) is 3.36. The quantitative estimate of drug-likeness (QED) is 0.379. The van der Waals surface area contributed by atoms with Gasteiger partial charge >= 0.3 is 0 Å². The molecule has 0 spiro atoms. The van der Waals surface area contributed by atoms with Gasteiger partial charge in [-0.1, -0.05) is 97.1 Å². The normalized spacial score (nSPS) is 19.6. The summed E-state index contributed by atoms with van der Waals surface area (Å²) in [6.07, 6.45) is 10.4. The topological polar surface area (TPSA) is 75.3 Å². The van der Waals surface area contributed by atoms with Gasteiger partial charge in [0, 0.05) is 19.3 Å². The van der Waals surface area contributed by atoms with Gasteiger partial charge < -0.3 is 10.6 Å². The molecule has 4 aliphatic rings. The van der Waals surface area contributed by atoms with Crippen LogP contribution >= 0.6 is 0 Å². The van der Waals surface area contributed by atoms with Crippen molar-refractivity contribution in [1.29, 1.82) is 0 Å². The SMILES string of the molecule is CN1C(=O)/C(=c2\c(C3=CC=CCC=C3)c3c4cccc5cccc(c-3c2-c2ccccc2)c54)C(O)N1C.O. The van der Waals surface area contributed by atoms with Gasteiger partial charge in [-0.2, -0.15) is 5.01 Å². The maximum absolute atomic E-state index is 13.7. The maximum atomic E-state index is 13.7. The number of hydrogen-bond donors (Lipinski definition) is 1. The lowest BCUT2D eigenvalue weighted by molar-refractivity contribution is -0.135. The Hall–Kier alpha value is -4.29. The minimum Gasteiger partial charge on any atom is -0.412 e. The van der Waals surface area contributed by atoms with Gasteiger partial charge in [-0.25, -0.2) is 0 Å². The third-order valence-electron chi connectivity index (χ3n) is 7.90. The number of fused-ring (bicyclic) bond motifs is 3. The van der Waals surface area contributed by atoms with E-state index >= 15 is 0 Å². The molecule has 3 aromatic carbocycles. The van der Waals surface area contributed by atoms with Crippen molar-refractivity contribution in [1.82, 2.24) is 10.0 Å². The predicted octanol–water partition coefficient (Wildman–Crippen LogP) is 4.78. The molecule has 3 aromatic rings. The first-order chi connectivity index (χ1) is 18.1. The van der Waals surface area contributed by atoms with Crippen molar-refractivity contribution in [2.75, 3.05) is 14.1 Å². The number of amides is 1. The summed E-state index contributed by atoms with van der Waals surface area (Å²) in [5.74, 6) is -0.183. The van der Waals surface area contributed by atoms with Crippen molar-refractivity contribution >= 4 is 38.6 Å². The number of nitrogens with zero attached hydrogens (tertiary/aromatic N) is 2. The monoisotopic (exact) mass is 500 g/mol. The molecule has 1 amide bonds. The van der Waals surface area contributed by atoms with Crippen molar-refractivity contribution in [3.8, 4) is 22.3 Å². The van der Waals surface area contributed by atoms with Crippen molar-refractivity contribution in [3.63, 3.8) is 0 Å². The number of hydrogen-bond acceptors (Lipinski definition) is 3. The van der Waals surface area contributed by atoms with Gasteiger partial charge in [0.1, 0.15) is 0 Å². The van der Waals surface area contributed by atoms with E-state index in [9.17, 15) is 9.90 Å². The smallest absolute Gasteiger partial charge is 0.268 e. The third kappa shape index (κ3) is 3.20. The molecule has 188 valence electrons. The Balaban J connectivity index is 0.00000264. The first-order valence-electron chi connectivity index (χ1n) is 12.6. The molecule has 7 rings (SSSR count). The lowest BCUT2D eigenvalue weighted by Gasteiger charge is -2.20. The second kappa shape index (κ2) is 8.92. The molecule has 5 heteroatoms. The number of aliphatic hydroxyl groups is 1. The van der Waals surface area contributed by atoms with E-state index in [1.54, 1.807) is 19.1 Å². The zero-order chi connectivity index (χ0) is 25.3. The summed E-state index contributed by atoms with van der Waals surface area (Å²) in [6.45, 7) is 0. The Morgan fingerprint density at radius 2 is 1.50 bits per heavy atom. The molecule has 1 heterocycles. The van der Waals surface area contributed by atoms with Gasteiger partial charge in [0.15, 0.2) is 6.23 Å². The second-order valence-electron chi connectivity index (χ2n) is 9.83. The lowest BCUT2D eigenvalue weighted by Crippen LogP contribution is -2.36. The molecule has 38 heavy (non-hydrogen) atoms. The van der Waals surface area contributed by atoms with Crippen LogP contribution in [0.5, 0.6) is 0 Å². The maximum Gasteiger partial charge on any atom is 0.268 e. The molecule has 1 saturated heterocycles. The molecule has 1 fully saturated rings. The Kier molecular flexibility index (Phi) is 5.65. The molecule has 0 aromatic heterocycles. The second-order valence-corrected chi connectivity index (χ2v) is 9.83. The van der Waals surface area contributed by atoms with Crippen molar-refractivity contribution in [2.45, 2.75) is 12.6 Å². The van der Waals surface area contributed by atoms with Crippen molar-refractivity contribution in [3.05, 3.63) is 108 Å². The minimum atomic E-state index is -1.04. The van der Waals surface area contributed by atoms with E-state index in [1.807, 2.05) is 18.2 Å². The zero-order valence-electron chi connectivity index (χ0n) is 21.3. The summed E-state index contributed by atoms with van der Waals surface area (Å²) in [5.41, 5.74) is 6.77. The highest BCUT2D eigenvalue weighted by Gasteiger charge is 2.40. The molecule has 5 nitrogen and oxygen atoms in total. The van der Waals surface area contributed by atoms with Crippen LogP contribution in [-0.2, 0) is 4.79 Å². The highest BCUT2D eigenvalue weighted by molar-refractivity contribution is 6.30. The third-order valence-corrected chi connectivity index (χ3v) is 7.90. The number of rotatable bonds is 2. The average molecular weight is 501 g/mol. The number of allylic oxidation sites excluding steroid dienone is 6. The molecule has 1 aliphatic heterocycles. The number of hydrazine groups is 1. The Morgan fingerprint density at radius 3 is 2.16 bits per heavy atom. The molecule has 3 N–H and O–H groups in total. The summed E-state index contributed by atoms with van der Waals surface area (Å²) >= 11 is 0. The van der Waals surface area contributed by atoms with Crippen LogP contribution in [0.15, 0.2) is 97.1 Å². The van der Waals surface area contributed by atoms with E-state index in [-0.39, 0.29) is 11.4 Å². The first kappa shape index (κ1) is 24.1. The molecule has 0 radical (unpaired) electrons. The molecule has 0 saturated carbocycles. The Bertz CT molecular complexity index is 1810. The van der Waals surface area contributed by atoms with Gasteiger partial charge in [0.25, 0.3) is 5.91 Å². The van der Waals surface area contributed by atoms with E-state index < -0.39 is 6.23 Å². The number of benzene rings is 3. The van der Waals surface area contributed by atoms with Crippen LogP contribution in [0.3, 0.4) is 0 Å². The lowest BCUT2D eigenvalue weighted by atomic mass is 9.96. The van der Waals surface area contributed by atoms with Crippen LogP contribution in [0.1, 0.15) is 12.0 Å².